The van der Waals surface area contributed by atoms with E-state index in [-0.39, 0.29) is 16.9 Å². The van der Waals surface area contributed by atoms with Crippen LogP contribution in [0.1, 0.15) is 0 Å². The number of nitrogens with zero attached hydrogens (tertiary/aromatic N) is 2. The van der Waals surface area contributed by atoms with Crippen LogP contribution in [0.3, 0.4) is 0 Å². The van der Waals surface area contributed by atoms with Crippen molar-refractivity contribution < 1.29 is 23.4 Å². The summed E-state index contributed by atoms with van der Waals surface area (Å²) < 4.78 is 20.4. The van der Waals surface area contributed by atoms with Gasteiger partial charge >= 0.3 is 5.97 Å². The van der Waals surface area contributed by atoms with Crippen LogP contribution in [0.4, 0.5) is 0 Å². The average molecular weight is 310 g/mol. The third-order valence-corrected chi connectivity index (χ3v) is 3.34. The van der Waals surface area contributed by atoms with E-state index < -0.39 is 0 Å². The highest BCUT2D eigenvalue weighted by Gasteiger charge is 2.13. The van der Waals surface area contributed by atoms with E-state index in [9.17, 15) is 4.79 Å². The van der Waals surface area contributed by atoms with Crippen molar-refractivity contribution in [3.05, 3.63) is 18.2 Å². The molecule has 8 heteroatoms. The van der Waals surface area contributed by atoms with Crippen molar-refractivity contribution in [2.45, 2.75) is 5.22 Å². The maximum absolute atomic E-state index is 11.1. The first-order chi connectivity index (χ1) is 10.2. The van der Waals surface area contributed by atoms with E-state index in [1.165, 1.54) is 7.11 Å². The lowest BCUT2D eigenvalue weighted by Crippen LogP contribution is -2.02. The van der Waals surface area contributed by atoms with Gasteiger partial charge in [0.2, 0.25) is 5.89 Å². The largest absolute Gasteiger partial charge is 0.497 e. The number of rotatable bonds is 6. The van der Waals surface area contributed by atoms with Crippen molar-refractivity contribution in [1.29, 1.82) is 0 Å². The summed E-state index contributed by atoms with van der Waals surface area (Å²) >= 11 is 1.11. The van der Waals surface area contributed by atoms with E-state index in [0.29, 0.717) is 23.0 Å². The van der Waals surface area contributed by atoms with Gasteiger partial charge in [0.25, 0.3) is 5.22 Å². The van der Waals surface area contributed by atoms with Gasteiger partial charge in [-0.2, -0.15) is 0 Å². The lowest BCUT2D eigenvalue weighted by atomic mass is 10.2. The minimum atomic E-state index is -0.359. The second kappa shape index (κ2) is 6.98. The van der Waals surface area contributed by atoms with Crippen molar-refractivity contribution in [3.8, 4) is 23.0 Å². The predicted octanol–water partition coefficient (Wildman–Crippen LogP) is 2.02. The van der Waals surface area contributed by atoms with Crippen molar-refractivity contribution in [1.82, 2.24) is 10.2 Å². The molecule has 0 aliphatic heterocycles. The third-order valence-electron chi connectivity index (χ3n) is 2.55. The number of methoxy groups -OCH3 is 3. The molecule has 0 unspecified atom stereocenters. The normalized spacial score (nSPS) is 10.2. The molecule has 0 aliphatic carbocycles. The van der Waals surface area contributed by atoms with Gasteiger partial charge in [-0.1, -0.05) is 11.8 Å². The Bertz CT molecular complexity index is 607. The van der Waals surface area contributed by atoms with Crippen LogP contribution < -0.4 is 9.47 Å². The molecule has 0 spiro atoms. The number of hydrogen-bond donors (Lipinski definition) is 0. The second-order valence-electron chi connectivity index (χ2n) is 3.84. The summed E-state index contributed by atoms with van der Waals surface area (Å²) in [5, 5.41) is 8.10. The smallest absolute Gasteiger partial charge is 0.316 e. The highest BCUT2D eigenvalue weighted by Crippen LogP contribution is 2.30. The maximum Gasteiger partial charge on any atom is 0.316 e. The molecule has 2 rings (SSSR count). The molecule has 0 fully saturated rings. The van der Waals surface area contributed by atoms with Gasteiger partial charge in [0.1, 0.15) is 17.3 Å². The first-order valence-electron chi connectivity index (χ1n) is 5.93. The zero-order valence-electron chi connectivity index (χ0n) is 11.8. The molecule has 0 amide bonds. The van der Waals surface area contributed by atoms with E-state index >= 15 is 0 Å². The molecule has 0 radical (unpaired) electrons. The van der Waals surface area contributed by atoms with Crippen LogP contribution in [0.2, 0.25) is 0 Å². The molecular formula is C13H14N2O5S. The first-order valence-corrected chi connectivity index (χ1v) is 6.91. The van der Waals surface area contributed by atoms with Crippen LogP contribution in [0, 0.1) is 0 Å². The highest BCUT2D eigenvalue weighted by molar-refractivity contribution is 7.99. The van der Waals surface area contributed by atoms with E-state index in [0.717, 1.165) is 11.8 Å². The Hall–Kier alpha value is -2.22. The SMILES string of the molecule is COC(=O)CSc1nnc(-c2cc(OC)cc(OC)c2)o1. The quantitative estimate of drug-likeness (QED) is 0.592. The Morgan fingerprint density at radius 1 is 1.14 bits per heavy atom. The minimum absolute atomic E-state index is 0.111. The van der Waals surface area contributed by atoms with Crippen LogP contribution in [0.25, 0.3) is 11.5 Å². The number of ether oxygens (including phenoxy) is 3. The molecule has 21 heavy (non-hydrogen) atoms. The topological polar surface area (TPSA) is 83.7 Å². The lowest BCUT2D eigenvalue weighted by Gasteiger charge is -2.05. The van der Waals surface area contributed by atoms with Crippen LogP contribution in [0.15, 0.2) is 27.8 Å². The van der Waals surface area contributed by atoms with Crippen molar-refractivity contribution in [2.75, 3.05) is 27.1 Å². The number of carbonyl (C=O) groups excluding carboxylic acids is 1. The fourth-order valence-electron chi connectivity index (χ4n) is 1.50. The molecule has 1 aromatic heterocycles. The summed E-state index contributed by atoms with van der Waals surface area (Å²) in [6.07, 6.45) is 0. The molecule has 0 saturated heterocycles. The van der Waals surface area contributed by atoms with E-state index in [2.05, 4.69) is 14.9 Å². The molecular weight excluding hydrogens is 296 g/mol. The number of hydrogen-bond acceptors (Lipinski definition) is 8. The Kier molecular flexibility index (Phi) is 5.04. The Morgan fingerprint density at radius 2 is 1.81 bits per heavy atom. The van der Waals surface area contributed by atoms with Crippen molar-refractivity contribution in [2.24, 2.45) is 0 Å². The number of thioether (sulfide) groups is 1. The molecule has 1 heterocycles. The van der Waals surface area contributed by atoms with Crippen LogP contribution >= 0.6 is 11.8 Å². The number of aromatic nitrogens is 2. The zero-order valence-corrected chi connectivity index (χ0v) is 12.6. The fourth-order valence-corrected chi connectivity index (χ4v) is 2.09. The Morgan fingerprint density at radius 3 is 2.38 bits per heavy atom. The molecule has 0 atom stereocenters. The van der Waals surface area contributed by atoms with E-state index in [1.54, 1.807) is 32.4 Å². The minimum Gasteiger partial charge on any atom is -0.497 e. The van der Waals surface area contributed by atoms with Gasteiger partial charge in [0.15, 0.2) is 0 Å². The Labute approximate surface area is 125 Å². The maximum atomic E-state index is 11.1. The average Bonchev–Trinajstić information content (AvgIpc) is 3.00. The van der Waals surface area contributed by atoms with E-state index in [1.807, 2.05) is 0 Å². The monoisotopic (exact) mass is 310 g/mol. The van der Waals surface area contributed by atoms with Gasteiger partial charge in [-0.25, -0.2) is 0 Å². The van der Waals surface area contributed by atoms with Crippen LogP contribution in [0.5, 0.6) is 11.5 Å². The number of benzene rings is 1. The zero-order chi connectivity index (χ0) is 15.2. The fraction of sp³-hybridized carbons (Fsp3) is 0.308. The number of carbonyl (C=O) groups is 1. The van der Waals surface area contributed by atoms with Crippen LogP contribution in [-0.4, -0.2) is 43.2 Å². The van der Waals surface area contributed by atoms with Gasteiger partial charge in [-0.15, -0.1) is 10.2 Å². The molecule has 0 N–H and O–H groups in total. The summed E-state index contributed by atoms with van der Waals surface area (Å²) in [7, 11) is 4.44. The first kappa shape index (κ1) is 15.2. The van der Waals surface area contributed by atoms with Crippen molar-refractivity contribution >= 4 is 17.7 Å². The van der Waals surface area contributed by atoms with Crippen LogP contribution in [-0.2, 0) is 9.53 Å². The van der Waals surface area contributed by atoms with Gasteiger partial charge < -0.3 is 18.6 Å². The number of esters is 1. The standard InChI is InChI=1S/C13H14N2O5S/c1-17-9-4-8(5-10(6-9)18-2)12-14-15-13(20-12)21-7-11(16)19-3/h4-6H,7H2,1-3H3. The third kappa shape index (κ3) is 3.88. The molecule has 7 nitrogen and oxygen atoms in total. The van der Waals surface area contributed by atoms with Gasteiger partial charge in [-0.05, 0) is 12.1 Å². The molecule has 1 aromatic carbocycles. The van der Waals surface area contributed by atoms with Gasteiger partial charge in [0, 0.05) is 11.6 Å². The second-order valence-corrected chi connectivity index (χ2v) is 4.77. The van der Waals surface area contributed by atoms with Crippen molar-refractivity contribution in [3.63, 3.8) is 0 Å². The molecule has 0 aliphatic rings. The Balaban J connectivity index is 2.18. The van der Waals surface area contributed by atoms with E-state index in [4.69, 9.17) is 13.9 Å². The molecule has 0 bridgehead atoms. The van der Waals surface area contributed by atoms with Gasteiger partial charge in [-0.3, -0.25) is 4.79 Å². The highest BCUT2D eigenvalue weighted by atomic mass is 32.2. The summed E-state index contributed by atoms with van der Waals surface area (Å²) in [5.41, 5.74) is 0.670. The molecule has 2 aromatic rings. The van der Waals surface area contributed by atoms with Gasteiger partial charge in [0.05, 0.1) is 21.3 Å². The summed E-state index contributed by atoms with van der Waals surface area (Å²) in [6, 6.07) is 5.25. The molecule has 112 valence electrons. The molecule has 0 saturated carbocycles. The predicted molar refractivity (Wildman–Crippen MR) is 75.6 cm³/mol. The lowest BCUT2D eigenvalue weighted by molar-refractivity contribution is -0.137. The summed E-state index contributed by atoms with van der Waals surface area (Å²) in [5.74, 6) is 1.31. The summed E-state index contributed by atoms with van der Waals surface area (Å²) in [6.45, 7) is 0. The summed E-state index contributed by atoms with van der Waals surface area (Å²) in [4.78, 5) is 11.1.